The Bertz CT molecular complexity index is 2940. The predicted molar refractivity (Wildman–Crippen MR) is 215 cm³/mol. The van der Waals surface area contributed by atoms with E-state index in [9.17, 15) is 0 Å². The number of aromatic nitrogens is 3. The van der Waals surface area contributed by atoms with Gasteiger partial charge in [-0.1, -0.05) is 146 Å². The van der Waals surface area contributed by atoms with E-state index in [1.165, 1.54) is 47.3 Å². The summed E-state index contributed by atoms with van der Waals surface area (Å²) in [5.74, 6) is 1.96. The summed E-state index contributed by atoms with van der Waals surface area (Å²) in [4.78, 5) is 15.6. The molecule has 0 aliphatic rings. The van der Waals surface area contributed by atoms with Gasteiger partial charge in [0, 0.05) is 36.9 Å². The van der Waals surface area contributed by atoms with Gasteiger partial charge in [-0.15, -0.1) is 11.3 Å². The maximum atomic E-state index is 5.22. The molecule has 0 radical (unpaired) electrons. The van der Waals surface area contributed by atoms with Crippen LogP contribution in [0.15, 0.2) is 176 Å². The van der Waals surface area contributed by atoms with Crippen LogP contribution in [0.25, 0.3) is 98.1 Å². The van der Waals surface area contributed by atoms with Crippen molar-refractivity contribution in [3.63, 3.8) is 0 Å². The highest BCUT2D eigenvalue weighted by molar-refractivity contribution is 7.26. The second-order valence-corrected chi connectivity index (χ2v) is 13.9. The zero-order valence-electron chi connectivity index (χ0n) is 27.5. The van der Waals surface area contributed by atoms with Crippen molar-refractivity contribution in [2.75, 3.05) is 0 Å². The standard InChI is InChI=1S/C47H29N3S/c1-2-13-32-27-34(26-25-30(32)11-1)33-15-7-17-36(28-33)45-48-46(37-18-8-16-35(29-37)39-21-9-14-31-12-3-4-19-38(31)39)50-47(49-45)42-23-10-22-41-40-20-5-6-24-43(40)51-44(41)42/h1-29H. The van der Waals surface area contributed by atoms with Crippen LogP contribution in [-0.4, -0.2) is 15.0 Å². The molecule has 0 spiro atoms. The Morgan fingerprint density at radius 3 is 1.71 bits per heavy atom. The van der Waals surface area contributed by atoms with Crippen molar-refractivity contribution in [2.24, 2.45) is 0 Å². The third-order valence-electron chi connectivity index (χ3n) is 9.71. The van der Waals surface area contributed by atoms with Crippen molar-refractivity contribution < 1.29 is 0 Å². The minimum atomic E-state index is 0.645. The first-order chi connectivity index (χ1) is 25.2. The van der Waals surface area contributed by atoms with Crippen molar-refractivity contribution in [2.45, 2.75) is 0 Å². The van der Waals surface area contributed by atoms with Gasteiger partial charge in [0.2, 0.25) is 0 Å². The van der Waals surface area contributed by atoms with Gasteiger partial charge in [-0.25, -0.2) is 15.0 Å². The van der Waals surface area contributed by atoms with E-state index in [0.29, 0.717) is 17.5 Å². The van der Waals surface area contributed by atoms with Gasteiger partial charge < -0.3 is 0 Å². The molecule has 4 heteroatoms. The molecule has 0 saturated carbocycles. The van der Waals surface area contributed by atoms with Crippen LogP contribution in [0.3, 0.4) is 0 Å². The molecule has 0 atom stereocenters. The lowest BCUT2D eigenvalue weighted by Crippen LogP contribution is -2.00. The Balaban J connectivity index is 1.16. The molecule has 51 heavy (non-hydrogen) atoms. The lowest BCUT2D eigenvalue weighted by molar-refractivity contribution is 1.08. The Hall–Kier alpha value is -6.49. The van der Waals surface area contributed by atoms with Gasteiger partial charge in [0.15, 0.2) is 17.5 Å². The molecule has 8 aromatic carbocycles. The predicted octanol–water partition coefficient (Wildman–Crippen LogP) is 12.9. The van der Waals surface area contributed by atoms with Crippen molar-refractivity contribution in [3.05, 3.63) is 176 Å². The van der Waals surface area contributed by atoms with Crippen LogP contribution in [0.5, 0.6) is 0 Å². The number of nitrogens with zero attached hydrogens (tertiary/aromatic N) is 3. The second kappa shape index (κ2) is 12.1. The molecule has 0 aliphatic carbocycles. The molecule has 0 saturated heterocycles. The van der Waals surface area contributed by atoms with E-state index in [1.807, 2.05) is 0 Å². The third-order valence-corrected chi connectivity index (χ3v) is 10.9. The SMILES string of the molecule is c1cc(-c2ccc3ccccc3c2)cc(-c2nc(-c3cccc(-c4cccc5ccccc45)c3)nc(-c3cccc4c3sc3ccccc34)n2)c1. The van der Waals surface area contributed by atoms with Crippen molar-refractivity contribution in [3.8, 4) is 56.4 Å². The minimum Gasteiger partial charge on any atom is -0.208 e. The first kappa shape index (κ1) is 29.4. The quantitative estimate of drug-likeness (QED) is 0.183. The third kappa shape index (κ3) is 5.25. The van der Waals surface area contributed by atoms with Crippen LogP contribution < -0.4 is 0 Å². The van der Waals surface area contributed by atoms with Crippen molar-refractivity contribution in [1.82, 2.24) is 15.0 Å². The highest BCUT2D eigenvalue weighted by atomic mass is 32.1. The van der Waals surface area contributed by atoms with Crippen molar-refractivity contribution in [1.29, 1.82) is 0 Å². The van der Waals surface area contributed by atoms with E-state index in [1.54, 1.807) is 11.3 Å². The fourth-order valence-electron chi connectivity index (χ4n) is 7.19. The molecule has 0 amide bonds. The highest BCUT2D eigenvalue weighted by Gasteiger charge is 2.17. The molecule has 0 bridgehead atoms. The van der Waals surface area contributed by atoms with Crippen LogP contribution in [0.1, 0.15) is 0 Å². The van der Waals surface area contributed by atoms with E-state index in [0.717, 1.165) is 33.4 Å². The van der Waals surface area contributed by atoms with E-state index >= 15 is 0 Å². The molecule has 10 aromatic rings. The smallest absolute Gasteiger partial charge is 0.165 e. The summed E-state index contributed by atoms with van der Waals surface area (Å²) in [5.41, 5.74) is 7.47. The lowest BCUT2D eigenvalue weighted by Gasteiger charge is -2.12. The number of rotatable bonds is 5. The molecule has 0 aliphatic heterocycles. The molecule has 3 nitrogen and oxygen atoms in total. The summed E-state index contributed by atoms with van der Waals surface area (Å²) < 4.78 is 2.43. The molecular formula is C47H29N3S. The molecule has 0 unspecified atom stereocenters. The van der Waals surface area contributed by atoms with Gasteiger partial charge in [0.05, 0.1) is 0 Å². The molecule has 2 heterocycles. The van der Waals surface area contributed by atoms with Gasteiger partial charge in [-0.3, -0.25) is 0 Å². The summed E-state index contributed by atoms with van der Waals surface area (Å²) in [5, 5.41) is 7.34. The normalized spacial score (nSPS) is 11.5. The largest absolute Gasteiger partial charge is 0.208 e. The maximum absolute atomic E-state index is 5.22. The van der Waals surface area contributed by atoms with Crippen LogP contribution in [0.4, 0.5) is 0 Å². The molecule has 0 fully saturated rings. The Labute approximate surface area is 299 Å². The van der Waals surface area contributed by atoms with Gasteiger partial charge in [0.1, 0.15) is 0 Å². The zero-order valence-corrected chi connectivity index (χ0v) is 28.3. The van der Waals surface area contributed by atoms with Gasteiger partial charge >= 0.3 is 0 Å². The average Bonchev–Trinajstić information content (AvgIpc) is 3.59. The van der Waals surface area contributed by atoms with E-state index < -0.39 is 0 Å². The van der Waals surface area contributed by atoms with E-state index in [2.05, 4.69) is 176 Å². The highest BCUT2D eigenvalue weighted by Crippen LogP contribution is 2.40. The zero-order chi connectivity index (χ0) is 33.7. The topological polar surface area (TPSA) is 38.7 Å². The first-order valence-corrected chi connectivity index (χ1v) is 17.9. The Morgan fingerprint density at radius 1 is 0.314 bits per heavy atom. The maximum Gasteiger partial charge on any atom is 0.165 e. The first-order valence-electron chi connectivity index (χ1n) is 17.1. The number of hydrogen-bond acceptors (Lipinski definition) is 4. The molecule has 2 aromatic heterocycles. The van der Waals surface area contributed by atoms with Crippen LogP contribution >= 0.6 is 11.3 Å². The lowest BCUT2D eigenvalue weighted by atomic mass is 9.97. The number of thiophene rings is 1. The van der Waals surface area contributed by atoms with Crippen LogP contribution in [-0.2, 0) is 0 Å². The fourth-order valence-corrected chi connectivity index (χ4v) is 8.40. The van der Waals surface area contributed by atoms with Gasteiger partial charge in [-0.2, -0.15) is 0 Å². The van der Waals surface area contributed by atoms with Gasteiger partial charge in [-0.05, 0) is 74.1 Å². The number of hydrogen-bond donors (Lipinski definition) is 0. The summed E-state index contributed by atoms with van der Waals surface area (Å²) in [6, 6.07) is 62.2. The Kier molecular flexibility index (Phi) is 7.00. The summed E-state index contributed by atoms with van der Waals surface area (Å²) >= 11 is 1.79. The number of fused-ring (bicyclic) bond motifs is 5. The Morgan fingerprint density at radius 2 is 0.863 bits per heavy atom. The van der Waals surface area contributed by atoms with Crippen LogP contribution in [0.2, 0.25) is 0 Å². The van der Waals surface area contributed by atoms with E-state index in [-0.39, 0.29) is 0 Å². The van der Waals surface area contributed by atoms with Crippen LogP contribution in [0, 0.1) is 0 Å². The second-order valence-electron chi connectivity index (χ2n) is 12.8. The van der Waals surface area contributed by atoms with Gasteiger partial charge in [0.25, 0.3) is 0 Å². The summed E-state index contributed by atoms with van der Waals surface area (Å²) in [6.45, 7) is 0. The number of benzene rings is 8. The molecule has 0 N–H and O–H groups in total. The molecule has 10 rings (SSSR count). The molecular weight excluding hydrogens is 639 g/mol. The molecule has 238 valence electrons. The average molecular weight is 668 g/mol. The fraction of sp³-hybridized carbons (Fsp3) is 0. The monoisotopic (exact) mass is 667 g/mol. The summed E-state index contributed by atoms with van der Waals surface area (Å²) in [7, 11) is 0. The van der Waals surface area contributed by atoms with Crippen molar-refractivity contribution >= 4 is 53.1 Å². The summed E-state index contributed by atoms with van der Waals surface area (Å²) in [6.07, 6.45) is 0. The minimum absolute atomic E-state index is 0.645. The van der Waals surface area contributed by atoms with E-state index in [4.69, 9.17) is 15.0 Å².